The number of thiazole rings is 1. The number of rotatable bonds is 4. The van der Waals surface area contributed by atoms with E-state index in [-0.39, 0.29) is 18.3 Å². The molecule has 0 saturated carbocycles. The fraction of sp³-hybridized carbons (Fsp3) is 0.0833. The number of benzene rings is 3. The predicted octanol–water partition coefficient (Wildman–Crippen LogP) is 5.59. The first-order valence-electron chi connectivity index (χ1n) is 9.59. The van der Waals surface area contributed by atoms with Crippen molar-refractivity contribution in [1.29, 1.82) is 0 Å². The van der Waals surface area contributed by atoms with Crippen molar-refractivity contribution in [2.75, 3.05) is 0 Å². The van der Waals surface area contributed by atoms with E-state index in [1.807, 2.05) is 18.3 Å². The minimum Gasteiger partial charge on any atom is -0.348 e. The summed E-state index contributed by atoms with van der Waals surface area (Å²) in [6.45, 7) is 2.21. The molecule has 1 N–H and O–H groups in total. The van der Waals surface area contributed by atoms with E-state index in [4.69, 9.17) is 4.98 Å². The minimum atomic E-state index is -0.322. The van der Waals surface area contributed by atoms with Crippen LogP contribution in [0.25, 0.3) is 26.4 Å². The molecular formula is C24H18FN3OS. The highest BCUT2D eigenvalue weighted by Gasteiger charge is 2.13. The van der Waals surface area contributed by atoms with Gasteiger partial charge in [-0.05, 0) is 31.2 Å². The van der Waals surface area contributed by atoms with Crippen LogP contribution < -0.4 is 5.32 Å². The number of nitrogens with zero attached hydrogens (tertiary/aromatic N) is 2. The Morgan fingerprint density at radius 1 is 1.10 bits per heavy atom. The van der Waals surface area contributed by atoms with Gasteiger partial charge in [0.25, 0.3) is 5.91 Å². The summed E-state index contributed by atoms with van der Waals surface area (Å²) in [5.74, 6) is -0.552. The summed E-state index contributed by atoms with van der Waals surface area (Å²) in [7, 11) is 0. The van der Waals surface area contributed by atoms with Crippen LogP contribution in [-0.2, 0) is 6.54 Å². The second-order valence-corrected chi connectivity index (χ2v) is 8.21. The van der Waals surface area contributed by atoms with Crippen LogP contribution in [0.15, 0.2) is 72.9 Å². The summed E-state index contributed by atoms with van der Waals surface area (Å²) >= 11 is 1.54. The zero-order valence-electron chi connectivity index (χ0n) is 16.2. The van der Waals surface area contributed by atoms with Gasteiger partial charge in [-0.2, -0.15) is 0 Å². The van der Waals surface area contributed by atoms with Crippen LogP contribution in [0.5, 0.6) is 0 Å². The molecule has 6 heteroatoms. The Balaban J connectivity index is 1.41. The molecule has 148 valence electrons. The molecule has 0 aliphatic heterocycles. The van der Waals surface area contributed by atoms with Crippen LogP contribution >= 0.6 is 11.3 Å². The van der Waals surface area contributed by atoms with Gasteiger partial charge in [0, 0.05) is 29.4 Å². The number of carbonyl (C=O) groups excluding carboxylic acids is 1. The third-order valence-corrected chi connectivity index (χ3v) is 6.12. The lowest BCUT2D eigenvalue weighted by Crippen LogP contribution is -2.23. The van der Waals surface area contributed by atoms with E-state index in [1.165, 1.54) is 11.6 Å². The van der Waals surface area contributed by atoms with Crippen molar-refractivity contribution in [3.8, 4) is 11.3 Å². The highest BCUT2D eigenvalue weighted by molar-refractivity contribution is 7.23. The Labute approximate surface area is 176 Å². The van der Waals surface area contributed by atoms with Gasteiger partial charge < -0.3 is 5.32 Å². The number of amides is 1. The number of fused-ring (bicyclic) bond motifs is 3. The van der Waals surface area contributed by atoms with Gasteiger partial charge in [-0.25, -0.2) is 9.37 Å². The standard InChI is InChI=1S/C24H18FN3OS/c1-15-6-8-16(9-7-15)20-14-28-21-11-10-17(12-22(21)30-24(28)27-20)23(29)26-13-18-4-2-3-5-19(18)25/h2-12,14H,13H2,1H3,(H,26,29). The van der Waals surface area contributed by atoms with Crippen molar-refractivity contribution in [1.82, 2.24) is 14.7 Å². The molecule has 0 saturated heterocycles. The van der Waals surface area contributed by atoms with Gasteiger partial charge in [-0.1, -0.05) is 59.4 Å². The highest BCUT2D eigenvalue weighted by atomic mass is 32.1. The zero-order valence-corrected chi connectivity index (χ0v) is 17.0. The molecule has 0 aliphatic carbocycles. The van der Waals surface area contributed by atoms with Crippen LogP contribution in [0, 0.1) is 12.7 Å². The second kappa shape index (κ2) is 7.39. The number of hydrogen-bond acceptors (Lipinski definition) is 3. The van der Waals surface area contributed by atoms with Gasteiger partial charge in [0.2, 0.25) is 0 Å². The summed E-state index contributed by atoms with van der Waals surface area (Å²) in [6.07, 6.45) is 2.02. The van der Waals surface area contributed by atoms with E-state index in [2.05, 4.69) is 40.9 Å². The van der Waals surface area contributed by atoms with Crippen LogP contribution in [-0.4, -0.2) is 15.3 Å². The predicted molar refractivity (Wildman–Crippen MR) is 118 cm³/mol. The average Bonchev–Trinajstić information content (AvgIpc) is 3.31. The molecule has 0 bridgehead atoms. The lowest BCUT2D eigenvalue weighted by Gasteiger charge is -2.06. The lowest BCUT2D eigenvalue weighted by molar-refractivity contribution is 0.0950. The first kappa shape index (κ1) is 18.5. The van der Waals surface area contributed by atoms with Gasteiger partial charge in [-0.15, -0.1) is 0 Å². The van der Waals surface area contributed by atoms with Gasteiger partial charge >= 0.3 is 0 Å². The molecule has 3 aromatic carbocycles. The maximum Gasteiger partial charge on any atom is 0.251 e. The molecule has 0 spiro atoms. The fourth-order valence-electron chi connectivity index (χ4n) is 3.43. The maximum absolute atomic E-state index is 13.7. The third kappa shape index (κ3) is 3.35. The molecule has 0 radical (unpaired) electrons. The largest absolute Gasteiger partial charge is 0.348 e. The first-order valence-corrected chi connectivity index (χ1v) is 10.4. The Morgan fingerprint density at radius 3 is 2.70 bits per heavy atom. The third-order valence-electron chi connectivity index (χ3n) is 5.10. The van der Waals surface area contributed by atoms with E-state index in [0.717, 1.165) is 26.4 Å². The molecular weight excluding hydrogens is 397 g/mol. The molecule has 30 heavy (non-hydrogen) atoms. The smallest absolute Gasteiger partial charge is 0.251 e. The number of halogens is 1. The molecule has 4 nitrogen and oxygen atoms in total. The monoisotopic (exact) mass is 415 g/mol. The van der Waals surface area contributed by atoms with Crippen molar-refractivity contribution in [2.45, 2.75) is 13.5 Å². The first-order chi connectivity index (χ1) is 14.6. The SMILES string of the molecule is Cc1ccc(-c2cn3c(n2)sc2cc(C(=O)NCc4ccccc4F)ccc23)cc1. The Morgan fingerprint density at radius 2 is 1.90 bits per heavy atom. The lowest BCUT2D eigenvalue weighted by atomic mass is 10.1. The van der Waals surface area contributed by atoms with Gasteiger partial charge in [0.05, 0.1) is 15.9 Å². The topological polar surface area (TPSA) is 46.4 Å². The number of nitrogens with one attached hydrogen (secondary N) is 1. The highest BCUT2D eigenvalue weighted by Crippen LogP contribution is 2.30. The Hall–Kier alpha value is -3.51. The molecule has 2 aromatic heterocycles. The summed E-state index contributed by atoms with van der Waals surface area (Å²) in [5, 5.41) is 2.79. The zero-order chi connectivity index (χ0) is 20.7. The van der Waals surface area contributed by atoms with E-state index < -0.39 is 0 Å². The molecule has 0 aliphatic rings. The van der Waals surface area contributed by atoms with Crippen molar-refractivity contribution in [3.63, 3.8) is 0 Å². The maximum atomic E-state index is 13.7. The van der Waals surface area contributed by atoms with Crippen LogP contribution in [0.3, 0.4) is 0 Å². The van der Waals surface area contributed by atoms with Crippen LogP contribution in [0.2, 0.25) is 0 Å². The quantitative estimate of drug-likeness (QED) is 0.416. The molecule has 0 unspecified atom stereocenters. The number of aromatic nitrogens is 2. The van der Waals surface area contributed by atoms with E-state index >= 15 is 0 Å². The number of imidazole rings is 1. The second-order valence-electron chi connectivity index (χ2n) is 7.20. The van der Waals surface area contributed by atoms with Crippen molar-refractivity contribution in [2.24, 2.45) is 0 Å². The molecule has 2 heterocycles. The van der Waals surface area contributed by atoms with Crippen molar-refractivity contribution in [3.05, 3.63) is 95.4 Å². The van der Waals surface area contributed by atoms with Crippen molar-refractivity contribution >= 4 is 32.4 Å². The van der Waals surface area contributed by atoms with Crippen molar-refractivity contribution < 1.29 is 9.18 Å². The fourth-order valence-corrected chi connectivity index (χ4v) is 4.47. The Bertz CT molecular complexity index is 1390. The van der Waals surface area contributed by atoms with E-state index in [1.54, 1.807) is 35.6 Å². The summed E-state index contributed by atoms with van der Waals surface area (Å²) in [4.78, 5) is 18.2. The van der Waals surface area contributed by atoms with Crippen LogP contribution in [0.4, 0.5) is 4.39 Å². The van der Waals surface area contributed by atoms with E-state index in [9.17, 15) is 9.18 Å². The molecule has 0 fully saturated rings. The number of aryl methyl sites for hydroxylation is 1. The van der Waals surface area contributed by atoms with E-state index in [0.29, 0.717) is 11.1 Å². The normalized spacial score (nSPS) is 11.3. The van der Waals surface area contributed by atoms with Gasteiger partial charge in [-0.3, -0.25) is 9.20 Å². The molecule has 1 amide bonds. The molecule has 5 aromatic rings. The average molecular weight is 415 g/mol. The summed E-state index contributed by atoms with van der Waals surface area (Å²) < 4.78 is 16.8. The summed E-state index contributed by atoms with van der Waals surface area (Å²) in [5.41, 5.74) is 5.23. The molecule has 0 atom stereocenters. The minimum absolute atomic E-state index is 0.150. The van der Waals surface area contributed by atoms with Gasteiger partial charge in [0.1, 0.15) is 5.82 Å². The summed E-state index contributed by atoms with van der Waals surface area (Å²) in [6, 6.07) is 20.3. The number of carbonyl (C=O) groups is 1. The van der Waals surface area contributed by atoms with Crippen LogP contribution in [0.1, 0.15) is 21.5 Å². The number of hydrogen-bond donors (Lipinski definition) is 1. The van der Waals surface area contributed by atoms with Gasteiger partial charge in [0.15, 0.2) is 4.96 Å². The Kier molecular flexibility index (Phi) is 4.56. The molecule has 5 rings (SSSR count).